The summed E-state index contributed by atoms with van der Waals surface area (Å²) in [5.41, 5.74) is 8.54. The molecule has 81 heavy (non-hydrogen) atoms. The molecular formula is C53H55N13O9S6. The second-order valence-corrected chi connectivity index (χ2v) is 24.5. The second-order valence-electron chi connectivity index (χ2n) is 18.7. The first kappa shape index (κ1) is 58.5. The average molecular weight is 1210 g/mol. The number of carbonyl (C=O) groups is 6. The Labute approximate surface area is 488 Å². The molecule has 0 radical (unpaired) electrons. The molecule has 10 bridgehead atoms. The summed E-state index contributed by atoms with van der Waals surface area (Å²) in [5, 5.41) is 35.1. The van der Waals surface area contributed by atoms with Crippen LogP contribution in [0.4, 0.5) is 10.6 Å². The molecule has 1 aromatic carbocycles. The standard InChI is InChI=1S/C53H55N13O9S6/c1-25(2)29-17-35(67)40-26(3)80-51(65-40)31(18-38(68)55-4)58-45(71)33-22-76-47(60-33)28-13-14-30(49-62-37(24-79-49)63-53(73)75-16-10-9-15-54)57-41(28)32-21-77-50(59-32)34-23-78-52(61-34)43(44(70)27-11-7-6-8-12-27)64-39(69)19-56-46(72)42-36(20-74-5)81-48(29)66-42/h6-8,11-14,21-25,29,31,43-44,70H,9-10,15-20,54H2,1-5H3,(H,55,68)(H,56,72)(H,58,71)(H,63,73)(H,64,69)/t29-,31+,43+,44+/m1/s1. The number of hydrogen-bond donors (Lipinski definition) is 7. The van der Waals surface area contributed by atoms with E-state index < -0.39 is 54.5 Å². The zero-order valence-corrected chi connectivity index (χ0v) is 49.2. The summed E-state index contributed by atoms with van der Waals surface area (Å²) in [6.07, 6.45) is -0.809. The van der Waals surface area contributed by atoms with Gasteiger partial charge in [0.25, 0.3) is 11.8 Å². The number of benzene rings is 1. The minimum atomic E-state index is -1.26. The Morgan fingerprint density at radius 2 is 1.49 bits per heavy atom. The molecule has 1 aliphatic rings. The smallest absolute Gasteiger partial charge is 0.412 e. The molecule has 0 saturated carbocycles. The van der Waals surface area contributed by atoms with Gasteiger partial charge in [0.2, 0.25) is 11.8 Å². The number of aryl methyl sites for hydroxylation is 1. The van der Waals surface area contributed by atoms with Crippen LogP contribution in [0.3, 0.4) is 0 Å². The summed E-state index contributed by atoms with van der Waals surface area (Å²) in [4.78, 5) is 117. The second kappa shape index (κ2) is 26.6. The van der Waals surface area contributed by atoms with Crippen molar-refractivity contribution in [3.8, 4) is 43.4 Å². The van der Waals surface area contributed by atoms with Crippen LogP contribution < -0.4 is 32.3 Å². The van der Waals surface area contributed by atoms with Crippen molar-refractivity contribution in [2.75, 3.05) is 39.2 Å². The van der Waals surface area contributed by atoms with Gasteiger partial charge in [-0.1, -0.05) is 44.2 Å². The van der Waals surface area contributed by atoms with E-state index in [2.05, 4.69) is 31.6 Å². The fraction of sp³-hybridized carbons (Fsp3) is 0.340. The van der Waals surface area contributed by atoms with Crippen LogP contribution >= 0.6 is 68.0 Å². The maximum Gasteiger partial charge on any atom is 0.412 e. The number of fused-ring (bicyclic) bond motifs is 14. The molecular weight excluding hydrogens is 1160 g/mol. The highest BCUT2D eigenvalue weighted by Gasteiger charge is 2.33. The predicted molar refractivity (Wildman–Crippen MR) is 312 cm³/mol. The Kier molecular flexibility index (Phi) is 19.2. The van der Waals surface area contributed by atoms with E-state index in [1.54, 1.807) is 64.8 Å². The van der Waals surface area contributed by atoms with E-state index in [9.17, 15) is 33.9 Å². The van der Waals surface area contributed by atoms with E-state index in [-0.39, 0.29) is 66.6 Å². The molecule has 8 heterocycles. The molecule has 28 heteroatoms. The molecule has 0 aliphatic carbocycles. The first-order chi connectivity index (χ1) is 39.1. The number of pyridine rings is 1. The van der Waals surface area contributed by atoms with Gasteiger partial charge >= 0.3 is 6.09 Å². The molecule has 7 aromatic heterocycles. The van der Waals surface area contributed by atoms with Gasteiger partial charge in [0.15, 0.2) is 5.78 Å². The van der Waals surface area contributed by atoms with Crippen LogP contribution in [0.25, 0.3) is 43.4 Å². The van der Waals surface area contributed by atoms with Gasteiger partial charge in [-0.25, -0.2) is 39.7 Å². The number of aromatic nitrogens is 7. The number of rotatable bonds is 13. The van der Waals surface area contributed by atoms with Crippen LogP contribution in [-0.4, -0.2) is 109 Å². The molecule has 8 aromatic rings. The fourth-order valence-corrected chi connectivity index (χ4v) is 14.0. The van der Waals surface area contributed by atoms with Crippen molar-refractivity contribution in [1.82, 2.24) is 56.2 Å². The topological polar surface area (TPSA) is 318 Å². The zero-order chi connectivity index (χ0) is 57.3. The lowest BCUT2D eigenvalue weighted by Gasteiger charge is -2.23. The lowest BCUT2D eigenvalue weighted by atomic mass is 9.90. The molecule has 4 atom stereocenters. The number of carbonyl (C=O) groups excluding carboxylic acids is 6. The van der Waals surface area contributed by atoms with Crippen LogP contribution in [0.5, 0.6) is 0 Å². The quantitative estimate of drug-likeness (QED) is 0.0532. The third-order valence-corrected chi connectivity index (χ3v) is 18.4. The van der Waals surface area contributed by atoms with E-state index in [1.165, 1.54) is 82.2 Å². The van der Waals surface area contributed by atoms with Crippen molar-refractivity contribution in [1.29, 1.82) is 0 Å². The SMILES string of the molecule is CNC(=O)C[C@@H]1NC(=O)c2csc(n2)-c2ccc(-c3nc(NC(=O)OCCCCN)cs3)nc2-c2csc(n2)-c2csc(n2)[C@H]([C@@H](O)c2ccccc2)NC(=O)CNC(=O)c2nc(sc2COC)[C@@H](C(C)C)CC(=O)c2nc1sc2C. The summed E-state index contributed by atoms with van der Waals surface area (Å²) < 4.78 is 10.7. The van der Waals surface area contributed by atoms with Crippen molar-refractivity contribution in [3.05, 3.63) is 111 Å². The predicted octanol–water partition coefficient (Wildman–Crippen LogP) is 8.48. The molecule has 5 amide bonds. The van der Waals surface area contributed by atoms with Gasteiger partial charge in [-0.05, 0) is 49.9 Å². The van der Waals surface area contributed by atoms with Crippen molar-refractivity contribution in [3.63, 3.8) is 0 Å². The van der Waals surface area contributed by atoms with Crippen LogP contribution in [0.15, 0.2) is 64.0 Å². The van der Waals surface area contributed by atoms with E-state index in [1.807, 2.05) is 19.9 Å². The Hall–Kier alpha value is -7.15. The van der Waals surface area contributed by atoms with Crippen LogP contribution in [0, 0.1) is 12.8 Å². The van der Waals surface area contributed by atoms with Gasteiger partial charge in [-0.3, -0.25) is 29.3 Å². The molecule has 422 valence electrons. The van der Waals surface area contributed by atoms with Crippen LogP contribution in [0.1, 0.15) is 125 Å². The normalized spacial score (nSPS) is 16.5. The van der Waals surface area contributed by atoms with Crippen molar-refractivity contribution >= 4 is 109 Å². The highest BCUT2D eigenvalue weighted by Crippen LogP contribution is 2.41. The molecule has 22 nitrogen and oxygen atoms in total. The number of nitrogens with two attached hydrogens (primary N) is 1. The molecule has 8 N–H and O–H groups in total. The van der Waals surface area contributed by atoms with Gasteiger partial charge in [0.1, 0.15) is 77.2 Å². The van der Waals surface area contributed by atoms with Gasteiger partial charge in [0.05, 0.1) is 47.8 Å². The number of unbranched alkanes of at least 4 members (excludes halogenated alkanes) is 1. The highest BCUT2D eigenvalue weighted by atomic mass is 32.1. The lowest BCUT2D eigenvalue weighted by Crippen LogP contribution is -2.40. The minimum Gasteiger partial charge on any atom is -0.449 e. The molecule has 0 saturated heterocycles. The number of nitrogens with one attached hydrogen (secondary N) is 5. The van der Waals surface area contributed by atoms with Gasteiger partial charge in [0, 0.05) is 58.5 Å². The van der Waals surface area contributed by atoms with Crippen molar-refractivity contribution in [2.45, 2.75) is 77.2 Å². The first-order valence-electron chi connectivity index (χ1n) is 25.4. The number of methoxy groups -OCH3 is 1. The number of nitrogens with zero attached hydrogens (tertiary/aromatic N) is 7. The van der Waals surface area contributed by atoms with Crippen molar-refractivity contribution in [2.24, 2.45) is 11.7 Å². The van der Waals surface area contributed by atoms with E-state index >= 15 is 0 Å². The molecule has 0 spiro atoms. The third kappa shape index (κ3) is 14.0. The summed E-state index contributed by atoms with van der Waals surface area (Å²) in [5.74, 6) is -2.87. The lowest BCUT2D eigenvalue weighted by molar-refractivity contribution is -0.122. The highest BCUT2D eigenvalue weighted by molar-refractivity contribution is 7.15. The summed E-state index contributed by atoms with van der Waals surface area (Å²) >= 11 is 7.33. The largest absolute Gasteiger partial charge is 0.449 e. The number of Topliss-reactive ketones (excluding diaryl/α,β-unsaturated/α-hetero) is 1. The Morgan fingerprint density at radius 3 is 2.26 bits per heavy atom. The molecule has 0 fully saturated rings. The number of amides is 5. The number of aliphatic hydroxyl groups is 1. The molecule has 9 rings (SSSR count). The summed E-state index contributed by atoms with van der Waals surface area (Å²) in [6.45, 7) is 5.87. The number of ether oxygens (including phenoxy) is 2. The van der Waals surface area contributed by atoms with Gasteiger partial charge in [-0.15, -0.1) is 68.0 Å². The van der Waals surface area contributed by atoms with Gasteiger partial charge < -0.3 is 41.6 Å². The van der Waals surface area contributed by atoms with Crippen molar-refractivity contribution < 1.29 is 43.3 Å². The summed E-state index contributed by atoms with van der Waals surface area (Å²) in [6, 6.07) is 10.3. The third-order valence-electron chi connectivity index (χ3n) is 12.7. The summed E-state index contributed by atoms with van der Waals surface area (Å²) in [7, 11) is 2.97. The fourth-order valence-electron chi connectivity index (χ4n) is 8.45. The maximum absolute atomic E-state index is 14.3. The van der Waals surface area contributed by atoms with Crippen LogP contribution in [-0.2, 0) is 25.7 Å². The monoisotopic (exact) mass is 1210 g/mol. The maximum atomic E-state index is 14.3. The number of aliphatic hydroxyl groups excluding tert-OH is 1. The molecule has 1 aliphatic heterocycles. The van der Waals surface area contributed by atoms with E-state index in [0.717, 1.165) is 0 Å². The Bertz CT molecular complexity index is 3570. The number of thiazole rings is 6. The van der Waals surface area contributed by atoms with Crippen LogP contribution in [0.2, 0.25) is 0 Å². The number of ketones is 1. The zero-order valence-electron chi connectivity index (χ0n) is 44.3. The first-order valence-corrected chi connectivity index (χ1v) is 30.6. The minimum absolute atomic E-state index is 0.0303. The number of anilines is 1. The average Bonchev–Trinajstić information content (AvgIpc) is 4.36. The van der Waals surface area contributed by atoms with E-state index in [4.69, 9.17) is 45.1 Å². The number of hydrogen-bond acceptors (Lipinski definition) is 23. The van der Waals surface area contributed by atoms with E-state index in [0.29, 0.717) is 93.1 Å². The molecule has 0 unspecified atom stereocenters. The Balaban J connectivity index is 1.11. The van der Waals surface area contributed by atoms with Gasteiger partial charge in [-0.2, -0.15) is 0 Å². The Morgan fingerprint density at radius 1 is 0.765 bits per heavy atom.